The van der Waals surface area contributed by atoms with Crippen LogP contribution in [0.5, 0.6) is 0 Å². The molecule has 4 heteroatoms. The van der Waals surface area contributed by atoms with Gasteiger partial charge in [0, 0.05) is 13.2 Å². The Hall–Kier alpha value is -0.610. The van der Waals surface area contributed by atoms with Gasteiger partial charge < -0.3 is 9.47 Å². The van der Waals surface area contributed by atoms with Gasteiger partial charge in [-0.1, -0.05) is 6.92 Å². The molecule has 1 atom stereocenters. The minimum Gasteiger partial charge on any atom is -0.468 e. The Balaban J connectivity index is 2.31. The van der Waals surface area contributed by atoms with Gasteiger partial charge in [-0.05, 0) is 25.3 Å². The third-order valence-corrected chi connectivity index (χ3v) is 2.66. The van der Waals surface area contributed by atoms with Crippen LogP contribution in [0.3, 0.4) is 0 Å². The topological polar surface area (TPSA) is 38.8 Å². The molecule has 0 aromatic carbocycles. The average Bonchev–Trinajstić information content (AvgIpc) is 2.70. The predicted octanol–water partition coefficient (Wildman–Crippen LogP) is 0.908. The Kier molecular flexibility index (Phi) is 5.65. The first kappa shape index (κ1) is 12.5. The van der Waals surface area contributed by atoms with Gasteiger partial charge in [-0.25, -0.2) is 0 Å². The van der Waals surface area contributed by atoms with E-state index in [1.165, 1.54) is 7.11 Å². The zero-order valence-electron chi connectivity index (χ0n) is 9.70. The Morgan fingerprint density at radius 2 is 2.40 bits per heavy atom. The van der Waals surface area contributed by atoms with Crippen molar-refractivity contribution >= 4 is 5.97 Å². The van der Waals surface area contributed by atoms with Crippen LogP contribution in [0.2, 0.25) is 0 Å². The molecule has 0 aliphatic carbocycles. The van der Waals surface area contributed by atoms with Gasteiger partial charge in [0.05, 0.1) is 20.3 Å². The fourth-order valence-electron chi connectivity index (χ4n) is 1.89. The van der Waals surface area contributed by atoms with E-state index in [9.17, 15) is 4.79 Å². The highest BCUT2D eigenvalue weighted by molar-refractivity contribution is 5.71. The molecule has 0 N–H and O–H groups in total. The first-order valence-electron chi connectivity index (χ1n) is 5.63. The molecule has 1 aliphatic heterocycles. The highest BCUT2D eigenvalue weighted by Gasteiger charge is 2.20. The summed E-state index contributed by atoms with van der Waals surface area (Å²) in [6.07, 6.45) is 2.17. The lowest BCUT2D eigenvalue weighted by Gasteiger charge is -2.22. The van der Waals surface area contributed by atoms with E-state index in [1.54, 1.807) is 0 Å². The SMILES string of the molecule is CCCN(CC(=O)OC)CC1CCOC1. The number of rotatable bonds is 6. The third-order valence-electron chi connectivity index (χ3n) is 2.66. The van der Waals surface area contributed by atoms with Crippen LogP contribution in [0, 0.1) is 5.92 Å². The van der Waals surface area contributed by atoms with Gasteiger partial charge in [-0.3, -0.25) is 9.69 Å². The number of hydrogen-bond donors (Lipinski definition) is 0. The van der Waals surface area contributed by atoms with E-state index < -0.39 is 0 Å². The van der Waals surface area contributed by atoms with Crippen LogP contribution in [0.25, 0.3) is 0 Å². The van der Waals surface area contributed by atoms with Crippen molar-refractivity contribution in [2.45, 2.75) is 19.8 Å². The van der Waals surface area contributed by atoms with Gasteiger partial charge >= 0.3 is 5.97 Å². The number of methoxy groups -OCH3 is 1. The maximum atomic E-state index is 11.2. The second-order valence-corrected chi connectivity index (χ2v) is 4.04. The molecular formula is C11H21NO3. The number of carbonyl (C=O) groups excluding carboxylic acids is 1. The van der Waals surface area contributed by atoms with Gasteiger partial charge in [-0.15, -0.1) is 0 Å². The first-order chi connectivity index (χ1) is 7.26. The Morgan fingerprint density at radius 3 is 2.93 bits per heavy atom. The van der Waals surface area contributed by atoms with Gasteiger partial charge in [0.1, 0.15) is 0 Å². The summed E-state index contributed by atoms with van der Waals surface area (Å²) >= 11 is 0. The van der Waals surface area contributed by atoms with Crippen LogP contribution in [0.1, 0.15) is 19.8 Å². The first-order valence-corrected chi connectivity index (χ1v) is 5.63. The number of hydrogen-bond acceptors (Lipinski definition) is 4. The van der Waals surface area contributed by atoms with Crippen LogP contribution in [0.15, 0.2) is 0 Å². The number of nitrogens with zero attached hydrogens (tertiary/aromatic N) is 1. The zero-order chi connectivity index (χ0) is 11.1. The smallest absolute Gasteiger partial charge is 0.319 e. The van der Waals surface area contributed by atoms with Crippen molar-refractivity contribution in [2.75, 3.05) is 40.0 Å². The number of esters is 1. The molecule has 0 saturated carbocycles. The summed E-state index contributed by atoms with van der Waals surface area (Å²) in [6.45, 7) is 6.12. The lowest BCUT2D eigenvalue weighted by Crippen LogP contribution is -2.35. The maximum absolute atomic E-state index is 11.2. The normalized spacial score (nSPS) is 20.9. The number of carbonyl (C=O) groups is 1. The number of ether oxygens (including phenoxy) is 2. The fourth-order valence-corrected chi connectivity index (χ4v) is 1.89. The molecule has 0 bridgehead atoms. The van der Waals surface area contributed by atoms with E-state index in [4.69, 9.17) is 4.74 Å². The van der Waals surface area contributed by atoms with Crippen LogP contribution < -0.4 is 0 Å². The summed E-state index contributed by atoms with van der Waals surface area (Å²) < 4.78 is 10.0. The molecule has 1 saturated heterocycles. The molecule has 0 aromatic heterocycles. The monoisotopic (exact) mass is 215 g/mol. The van der Waals surface area contributed by atoms with Crippen molar-refractivity contribution in [1.82, 2.24) is 4.90 Å². The van der Waals surface area contributed by atoms with E-state index in [0.29, 0.717) is 12.5 Å². The molecule has 1 unspecified atom stereocenters. The van der Waals surface area contributed by atoms with Crippen molar-refractivity contribution in [3.63, 3.8) is 0 Å². The summed E-state index contributed by atoms with van der Waals surface area (Å²) in [5, 5.41) is 0. The minimum absolute atomic E-state index is 0.151. The quantitative estimate of drug-likeness (QED) is 0.617. The van der Waals surface area contributed by atoms with E-state index in [2.05, 4.69) is 16.6 Å². The summed E-state index contributed by atoms with van der Waals surface area (Å²) in [6, 6.07) is 0. The lowest BCUT2D eigenvalue weighted by atomic mass is 10.1. The van der Waals surface area contributed by atoms with E-state index >= 15 is 0 Å². The Labute approximate surface area is 91.5 Å². The van der Waals surface area contributed by atoms with Crippen molar-refractivity contribution in [3.8, 4) is 0 Å². The van der Waals surface area contributed by atoms with Crippen LogP contribution >= 0.6 is 0 Å². The summed E-state index contributed by atoms with van der Waals surface area (Å²) in [4.78, 5) is 13.3. The zero-order valence-corrected chi connectivity index (χ0v) is 9.70. The molecule has 0 amide bonds. The second-order valence-electron chi connectivity index (χ2n) is 4.04. The van der Waals surface area contributed by atoms with Crippen molar-refractivity contribution in [1.29, 1.82) is 0 Å². The largest absolute Gasteiger partial charge is 0.468 e. The molecule has 1 rings (SSSR count). The van der Waals surface area contributed by atoms with Crippen LogP contribution in [0.4, 0.5) is 0 Å². The molecule has 15 heavy (non-hydrogen) atoms. The van der Waals surface area contributed by atoms with E-state index in [0.717, 1.165) is 39.1 Å². The molecule has 1 aliphatic rings. The lowest BCUT2D eigenvalue weighted by molar-refractivity contribution is -0.142. The Morgan fingerprint density at radius 1 is 1.60 bits per heavy atom. The van der Waals surface area contributed by atoms with Crippen molar-refractivity contribution in [3.05, 3.63) is 0 Å². The molecule has 4 nitrogen and oxygen atoms in total. The van der Waals surface area contributed by atoms with Gasteiger partial charge in [-0.2, -0.15) is 0 Å². The highest BCUT2D eigenvalue weighted by Crippen LogP contribution is 2.14. The molecule has 88 valence electrons. The van der Waals surface area contributed by atoms with Crippen molar-refractivity contribution < 1.29 is 14.3 Å². The molecule has 0 aromatic rings. The molecule has 1 fully saturated rings. The third kappa shape index (κ3) is 4.62. The minimum atomic E-state index is -0.151. The second kappa shape index (κ2) is 6.80. The molecular weight excluding hydrogens is 194 g/mol. The highest BCUT2D eigenvalue weighted by atomic mass is 16.5. The van der Waals surface area contributed by atoms with Gasteiger partial charge in [0.25, 0.3) is 0 Å². The standard InChI is InChI=1S/C11H21NO3/c1-3-5-12(8-11(13)14-2)7-10-4-6-15-9-10/h10H,3-9H2,1-2H3. The van der Waals surface area contributed by atoms with Crippen LogP contribution in [-0.4, -0.2) is 50.8 Å². The summed E-state index contributed by atoms with van der Waals surface area (Å²) in [7, 11) is 1.44. The summed E-state index contributed by atoms with van der Waals surface area (Å²) in [5.41, 5.74) is 0. The predicted molar refractivity (Wildman–Crippen MR) is 57.7 cm³/mol. The molecule has 0 radical (unpaired) electrons. The van der Waals surface area contributed by atoms with E-state index in [1.807, 2.05) is 0 Å². The maximum Gasteiger partial charge on any atom is 0.319 e. The van der Waals surface area contributed by atoms with Crippen molar-refractivity contribution in [2.24, 2.45) is 5.92 Å². The average molecular weight is 215 g/mol. The molecule has 0 spiro atoms. The van der Waals surface area contributed by atoms with E-state index in [-0.39, 0.29) is 5.97 Å². The van der Waals surface area contributed by atoms with Gasteiger partial charge in [0.2, 0.25) is 0 Å². The summed E-state index contributed by atoms with van der Waals surface area (Å²) in [5.74, 6) is 0.434. The van der Waals surface area contributed by atoms with Crippen LogP contribution in [-0.2, 0) is 14.3 Å². The Bertz CT molecular complexity index is 190. The fraction of sp³-hybridized carbons (Fsp3) is 0.909. The van der Waals surface area contributed by atoms with Gasteiger partial charge in [0.15, 0.2) is 0 Å². The molecule has 1 heterocycles.